The lowest BCUT2D eigenvalue weighted by Crippen LogP contribution is -2.51. The Labute approximate surface area is 165 Å². The van der Waals surface area contributed by atoms with Gasteiger partial charge in [0.05, 0.1) is 12.2 Å². The van der Waals surface area contributed by atoms with Gasteiger partial charge in [-0.3, -0.25) is 0 Å². The number of aryl methyl sites for hydroxylation is 2. The first kappa shape index (κ1) is 19.4. The highest BCUT2D eigenvalue weighted by Gasteiger charge is 2.43. The van der Waals surface area contributed by atoms with Gasteiger partial charge in [0.25, 0.3) is 0 Å². The zero-order valence-electron chi connectivity index (χ0n) is 16.5. The fourth-order valence-corrected chi connectivity index (χ4v) is 4.38. The first-order chi connectivity index (χ1) is 13.3. The second kappa shape index (κ2) is 7.47. The van der Waals surface area contributed by atoms with E-state index in [2.05, 4.69) is 18.7 Å². The highest BCUT2D eigenvalue weighted by Crippen LogP contribution is 2.45. The quantitative estimate of drug-likeness (QED) is 0.843. The van der Waals surface area contributed by atoms with Crippen molar-refractivity contribution in [2.45, 2.75) is 50.9 Å². The summed E-state index contributed by atoms with van der Waals surface area (Å²) in [5.41, 5.74) is 3.62. The number of halogens is 1. The van der Waals surface area contributed by atoms with Crippen molar-refractivity contribution in [2.24, 2.45) is 0 Å². The molecule has 4 nitrogen and oxygen atoms in total. The highest BCUT2D eigenvalue weighted by atomic mass is 19.1. The molecule has 2 atom stereocenters. The predicted molar refractivity (Wildman–Crippen MR) is 106 cm³/mol. The van der Waals surface area contributed by atoms with Gasteiger partial charge >= 0.3 is 0 Å². The third-order valence-corrected chi connectivity index (χ3v) is 6.33. The number of aliphatic hydroxyl groups is 2. The summed E-state index contributed by atoms with van der Waals surface area (Å²) >= 11 is 0. The summed E-state index contributed by atoms with van der Waals surface area (Å²) in [6, 6.07) is 10.1. The number of piperidine rings is 1. The standard InChI is InChI=1S/C23H28FNO3/c1-15-11-19-20(26)13-23(28-22(19)12-16(15)2)7-9-25(10-8-23)14-21(27)17-3-5-18(24)6-4-17/h3-6,11-12,20-21,26-27H,7-10,13-14H2,1-2H3/t20-,21+/m0/s1. The molecule has 2 N–H and O–H groups in total. The minimum atomic E-state index is -0.640. The molecule has 4 rings (SSSR count). The van der Waals surface area contributed by atoms with Crippen LogP contribution in [0.1, 0.15) is 53.7 Å². The van der Waals surface area contributed by atoms with Gasteiger partial charge in [-0.15, -0.1) is 0 Å². The first-order valence-corrected chi connectivity index (χ1v) is 9.99. The van der Waals surface area contributed by atoms with Gasteiger partial charge in [-0.05, 0) is 67.6 Å². The number of fused-ring (bicyclic) bond motifs is 1. The molecule has 2 aromatic rings. The fourth-order valence-electron chi connectivity index (χ4n) is 4.38. The number of nitrogens with zero attached hydrogens (tertiary/aromatic N) is 1. The largest absolute Gasteiger partial charge is 0.487 e. The minimum Gasteiger partial charge on any atom is -0.487 e. The van der Waals surface area contributed by atoms with Gasteiger partial charge in [0.2, 0.25) is 0 Å². The lowest BCUT2D eigenvalue weighted by atomic mass is 9.81. The lowest BCUT2D eigenvalue weighted by Gasteiger charge is -2.46. The van der Waals surface area contributed by atoms with Gasteiger partial charge in [-0.25, -0.2) is 4.39 Å². The molecule has 2 heterocycles. The van der Waals surface area contributed by atoms with Crippen molar-refractivity contribution in [1.29, 1.82) is 0 Å². The zero-order valence-corrected chi connectivity index (χ0v) is 16.5. The summed E-state index contributed by atoms with van der Waals surface area (Å²) < 4.78 is 19.5. The van der Waals surface area contributed by atoms with E-state index >= 15 is 0 Å². The van der Waals surface area contributed by atoms with Crippen molar-refractivity contribution in [1.82, 2.24) is 4.90 Å². The maximum atomic E-state index is 13.1. The number of ether oxygens (including phenoxy) is 1. The Morgan fingerprint density at radius 1 is 1.14 bits per heavy atom. The molecular weight excluding hydrogens is 357 g/mol. The van der Waals surface area contributed by atoms with E-state index in [1.807, 2.05) is 12.1 Å². The van der Waals surface area contributed by atoms with E-state index in [1.165, 1.54) is 23.3 Å². The van der Waals surface area contributed by atoms with Crippen LogP contribution in [0.4, 0.5) is 4.39 Å². The van der Waals surface area contributed by atoms with Gasteiger partial charge in [0.15, 0.2) is 0 Å². The van der Waals surface area contributed by atoms with Crippen LogP contribution in [0.5, 0.6) is 5.75 Å². The third-order valence-electron chi connectivity index (χ3n) is 6.33. The van der Waals surface area contributed by atoms with Crippen molar-refractivity contribution < 1.29 is 19.3 Å². The molecule has 1 saturated heterocycles. The van der Waals surface area contributed by atoms with Gasteiger partial charge < -0.3 is 19.8 Å². The number of likely N-dealkylation sites (tertiary alicyclic amines) is 1. The molecular formula is C23H28FNO3. The number of aliphatic hydroxyl groups excluding tert-OH is 2. The number of hydrogen-bond donors (Lipinski definition) is 2. The topological polar surface area (TPSA) is 52.9 Å². The van der Waals surface area contributed by atoms with Crippen molar-refractivity contribution in [3.05, 3.63) is 64.5 Å². The van der Waals surface area contributed by atoms with Gasteiger partial charge in [-0.1, -0.05) is 12.1 Å². The van der Waals surface area contributed by atoms with Crippen molar-refractivity contribution in [3.63, 3.8) is 0 Å². The summed E-state index contributed by atoms with van der Waals surface area (Å²) in [7, 11) is 0. The normalized spacial score (nSPS) is 22.5. The fraction of sp³-hybridized carbons (Fsp3) is 0.478. The Balaban J connectivity index is 1.41. The van der Waals surface area contributed by atoms with E-state index in [0.29, 0.717) is 13.0 Å². The monoisotopic (exact) mass is 385 g/mol. The van der Waals surface area contributed by atoms with Crippen LogP contribution in [0.2, 0.25) is 0 Å². The van der Waals surface area contributed by atoms with Crippen LogP contribution in [0.3, 0.4) is 0 Å². The molecule has 150 valence electrons. The average molecular weight is 385 g/mol. The SMILES string of the molecule is Cc1cc2c(cc1C)[C@@H](O)CC1(CCN(C[C@@H](O)c3ccc(F)cc3)CC1)O2. The summed E-state index contributed by atoms with van der Waals surface area (Å²) in [4.78, 5) is 2.21. The molecule has 5 heteroatoms. The van der Waals surface area contributed by atoms with Crippen LogP contribution < -0.4 is 4.74 Å². The molecule has 0 unspecified atom stereocenters. The Hall–Kier alpha value is -1.95. The smallest absolute Gasteiger partial charge is 0.126 e. The molecule has 0 aromatic heterocycles. The van der Waals surface area contributed by atoms with Gasteiger partial charge in [0, 0.05) is 31.6 Å². The Bertz CT molecular complexity index is 844. The van der Waals surface area contributed by atoms with E-state index in [-0.39, 0.29) is 11.4 Å². The maximum Gasteiger partial charge on any atom is 0.126 e. The maximum absolute atomic E-state index is 13.1. The summed E-state index contributed by atoms with van der Waals surface area (Å²) in [5.74, 6) is 0.510. The van der Waals surface area contributed by atoms with Gasteiger partial charge in [-0.2, -0.15) is 0 Å². The van der Waals surface area contributed by atoms with Crippen LogP contribution in [-0.2, 0) is 0 Å². The van der Waals surface area contributed by atoms with Crippen LogP contribution in [0.15, 0.2) is 36.4 Å². The molecule has 0 amide bonds. The van der Waals surface area contributed by atoms with Crippen molar-refractivity contribution >= 4 is 0 Å². The molecule has 28 heavy (non-hydrogen) atoms. The van der Waals surface area contributed by atoms with Crippen LogP contribution >= 0.6 is 0 Å². The Morgan fingerprint density at radius 3 is 2.46 bits per heavy atom. The number of rotatable bonds is 3. The Kier molecular flexibility index (Phi) is 5.17. The number of β-amino-alcohol motifs (C(OH)–C–C–N with tert-alkyl or cyclic N) is 1. The van der Waals surface area contributed by atoms with Crippen LogP contribution in [0.25, 0.3) is 0 Å². The molecule has 1 spiro atoms. The second-order valence-electron chi connectivity index (χ2n) is 8.35. The lowest BCUT2D eigenvalue weighted by molar-refractivity contribution is -0.0588. The zero-order chi connectivity index (χ0) is 19.9. The highest BCUT2D eigenvalue weighted by molar-refractivity contribution is 5.45. The van der Waals surface area contributed by atoms with Crippen LogP contribution in [-0.4, -0.2) is 40.3 Å². The summed E-state index contributed by atoms with van der Waals surface area (Å²) in [6.07, 6.45) is 1.09. The number of hydrogen-bond acceptors (Lipinski definition) is 4. The summed E-state index contributed by atoms with van der Waals surface area (Å²) in [5, 5.41) is 21.2. The molecule has 2 aliphatic rings. The van der Waals surface area contributed by atoms with E-state index in [1.54, 1.807) is 12.1 Å². The number of benzene rings is 2. The molecule has 2 aliphatic heterocycles. The predicted octanol–water partition coefficient (Wildman–Crippen LogP) is 3.83. The minimum absolute atomic E-state index is 0.297. The second-order valence-corrected chi connectivity index (χ2v) is 8.35. The van der Waals surface area contributed by atoms with Crippen molar-refractivity contribution in [2.75, 3.05) is 19.6 Å². The van der Waals surface area contributed by atoms with E-state index in [0.717, 1.165) is 42.8 Å². The van der Waals surface area contributed by atoms with E-state index < -0.39 is 12.2 Å². The average Bonchev–Trinajstić information content (AvgIpc) is 2.66. The molecule has 0 radical (unpaired) electrons. The van der Waals surface area contributed by atoms with E-state index in [9.17, 15) is 14.6 Å². The first-order valence-electron chi connectivity index (χ1n) is 9.99. The molecule has 1 fully saturated rings. The van der Waals surface area contributed by atoms with E-state index in [4.69, 9.17) is 4.74 Å². The Morgan fingerprint density at radius 2 is 1.79 bits per heavy atom. The molecule has 0 bridgehead atoms. The van der Waals surface area contributed by atoms with Gasteiger partial charge in [0.1, 0.15) is 17.2 Å². The molecule has 0 saturated carbocycles. The third kappa shape index (κ3) is 3.79. The van der Waals surface area contributed by atoms with Crippen LogP contribution in [0, 0.1) is 19.7 Å². The van der Waals surface area contributed by atoms with Crippen molar-refractivity contribution in [3.8, 4) is 5.75 Å². The molecule has 2 aromatic carbocycles. The molecule has 0 aliphatic carbocycles. The summed E-state index contributed by atoms with van der Waals surface area (Å²) in [6.45, 7) is 6.22.